The molecule has 4 aromatic carbocycles. The Labute approximate surface area is 238 Å². The van der Waals surface area contributed by atoms with Crippen LogP contribution in [0.2, 0.25) is 0 Å². The van der Waals surface area contributed by atoms with Gasteiger partial charge in [0.05, 0.1) is 11.1 Å². The van der Waals surface area contributed by atoms with Gasteiger partial charge >= 0.3 is 0 Å². The van der Waals surface area contributed by atoms with Crippen LogP contribution < -0.4 is 9.80 Å². The number of benzene rings is 4. The summed E-state index contributed by atoms with van der Waals surface area (Å²) in [4.78, 5) is 4.88. The predicted molar refractivity (Wildman–Crippen MR) is 165 cm³/mol. The normalized spacial score (nSPS) is 15.7. The lowest BCUT2D eigenvalue weighted by Gasteiger charge is -2.42. The number of nitrogens with zero attached hydrogens (tertiary/aromatic N) is 4. The second-order valence-corrected chi connectivity index (χ2v) is 10.9. The zero-order chi connectivity index (χ0) is 27.5. The van der Waals surface area contributed by atoms with Crippen molar-refractivity contribution in [1.82, 2.24) is 10.2 Å². The van der Waals surface area contributed by atoms with Gasteiger partial charge in [0.25, 0.3) is 0 Å². The van der Waals surface area contributed by atoms with Crippen molar-refractivity contribution in [3.63, 3.8) is 0 Å². The predicted octanol–water partition coefficient (Wildman–Crippen LogP) is 7.19. The zero-order valence-electron chi connectivity index (χ0n) is 23.5. The first-order valence-corrected chi connectivity index (χ1v) is 14.2. The summed E-state index contributed by atoms with van der Waals surface area (Å²) in [6.45, 7) is 9.20. The Kier molecular flexibility index (Phi) is 7.08. The first kappa shape index (κ1) is 25.8. The minimum absolute atomic E-state index is 0.352. The molecule has 0 saturated carbocycles. The molecule has 0 amide bonds. The summed E-state index contributed by atoms with van der Waals surface area (Å²) in [6.07, 6.45) is 0. The molecule has 0 aliphatic carbocycles. The smallest absolute Gasteiger partial charge is 0.151 e. The van der Waals surface area contributed by atoms with Crippen molar-refractivity contribution in [2.75, 3.05) is 29.4 Å². The molecular weight excluding hydrogens is 488 g/mol. The number of hydrogen-bond acceptors (Lipinski definition) is 4. The number of piperazine rings is 1. The van der Waals surface area contributed by atoms with Crippen molar-refractivity contribution in [1.29, 1.82) is 0 Å². The Morgan fingerprint density at radius 1 is 0.625 bits per heavy atom. The third-order valence-electron chi connectivity index (χ3n) is 8.42. The van der Waals surface area contributed by atoms with Crippen molar-refractivity contribution in [3.05, 3.63) is 155 Å². The maximum atomic E-state index is 4.48. The lowest BCUT2D eigenvalue weighted by atomic mass is 9.65. The molecule has 0 radical (unpaired) electrons. The van der Waals surface area contributed by atoms with E-state index < -0.39 is 5.41 Å². The zero-order valence-corrected chi connectivity index (χ0v) is 23.5. The highest BCUT2D eigenvalue weighted by Gasteiger charge is 2.38. The molecule has 2 heterocycles. The summed E-state index contributed by atoms with van der Waals surface area (Å²) in [5, 5.41) is 8.84. The highest BCUT2D eigenvalue weighted by atomic mass is 15.3. The fourth-order valence-electron chi connectivity index (χ4n) is 6.20. The monoisotopic (exact) mass is 524 g/mol. The van der Waals surface area contributed by atoms with Gasteiger partial charge in [-0.1, -0.05) is 103 Å². The minimum Gasteiger partial charge on any atom is -0.365 e. The van der Waals surface area contributed by atoms with Gasteiger partial charge in [-0.2, -0.15) is 5.10 Å². The van der Waals surface area contributed by atoms with E-state index in [1.807, 2.05) is 6.92 Å². The SMILES string of the molecule is Cc1cc(N2CCN(c3ccc(C(c4ccccc4)(c4ccccc4)c4ccccc4)cc3)C(C)C2)nnc1C. The van der Waals surface area contributed by atoms with Gasteiger partial charge in [-0.05, 0) is 66.8 Å². The fraction of sp³-hybridized carbons (Fsp3) is 0.222. The van der Waals surface area contributed by atoms with E-state index >= 15 is 0 Å². The van der Waals surface area contributed by atoms with Gasteiger partial charge in [-0.25, -0.2) is 0 Å². The molecule has 0 N–H and O–H groups in total. The molecule has 1 fully saturated rings. The second-order valence-electron chi connectivity index (χ2n) is 10.9. The molecule has 4 nitrogen and oxygen atoms in total. The molecule has 40 heavy (non-hydrogen) atoms. The Balaban J connectivity index is 1.36. The molecule has 4 heteroatoms. The standard InChI is InChI=1S/C36H36N4/c1-27-25-35(38-37-29(27)3)39-23-24-40(28(2)26-39)34-21-19-33(20-22-34)36(30-13-7-4-8-14-30,31-15-9-5-10-16-31)32-17-11-6-12-18-32/h4-22,25,28H,23-24,26H2,1-3H3. The van der Waals surface area contributed by atoms with Crippen LogP contribution in [-0.2, 0) is 5.41 Å². The molecule has 6 rings (SSSR count). The van der Waals surface area contributed by atoms with E-state index in [9.17, 15) is 0 Å². The van der Waals surface area contributed by atoms with E-state index in [2.05, 4.69) is 155 Å². The molecule has 0 bridgehead atoms. The lowest BCUT2D eigenvalue weighted by Crippen LogP contribution is -2.52. The molecule has 200 valence electrons. The van der Waals surface area contributed by atoms with Gasteiger partial charge in [0, 0.05) is 31.4 Å². The third kappa shape index (κ3) is 4.64. The van der Waals surface area contributed by atoms with Crippen LogP contribution in [0.1, 0.15) is 40.4 Å². The Bertz CT molecular complexity index is 1450. The molecule has 1 aliphatic heterocycles. The maximum Gasteiger partial charge on any atom is 0.151 e. The highest BCUT2D eigenvalue weighted by Crippen LogP contribution is 2.45. The molecule has 1 saturated heterocycles. The number of rotatable bonds is 6. The fourth-order valence-corrected chi connectivity index (χ4v) is 6.20. The topological polar surface area (TPSA) is 32.3 Å². The average Bonchev–Trinajstić information content (AvgIpc) is 3.01. The van der Waals surface area contributed by atoms with Crippen molar-refractivity contribution in [2.24, 2.45) is 0 Å². The molecule has 5 aromatic rings. The summed E-state index contributed by atoms with van der Waals surface area (Å²) < 4.78 is 0. The van der Waals surface area contributed by atoms with E-state index in [0.29, 0.717) is 6.04 Å². The van der Waals surface area contributed by atoms with Crippen molar-refractivity contribution < 1.29 is 0 Å². The van der Waals surface area contributed by atoms with Crippen LogP contribution in [0.25, 0.3) is 0 Å². The van der Waals surface area contributed by atoms with Crippen molar-refractivity contribution >= 4 is 11.5 Å². The van der Waals surface area contributed by atoms with Crippen LogP contribution in [0.15, 0.2) is 121 Å². The summed E-state index contributed by atoms with van der Waals surface area (Å²) in [6, 6.07) is 44.5. The Morgan fingerprint density at radius 2 is 1.12 bits per heavy atom. The van der Waals surface area contributed by atoms with Gasteiger partial charge in [0.2, 0.25) is 0 Å². The van der Waals surface area contributed by atoms with Gasteiger partial charge in [0.15, 0.2) is 5.82 Å². The first-order valence-electron chi connectivity index (χ1n) is 14.2. The molecular formula is C36H36N4. The molecule has 1 aromatic heterocycles. The first-order chi connectivity index (χ1) is 19.6. The van der Waals surface area contributed by atoms with E-state index in [4.69, 9.17) is 0 Å². The second kappa shape index (κ2) is 11.0. The number of aryl methyl sites for hydroxylation is 2. The Hall–Kier alpha value is -4.44. The van der Waals surface area contributed by atoms with E-state index in [1.54, 1.807) is 0 Å². The Morgan fingerprint density at radius 3 is 1.60 bits per heavy atom. The van der Waals surface area contributed by atoms with Gasteiger partial charge in [-0.3, -0.25) is 0 Å². The number of anilines is 2. The highest BCUT2D eigenvalue weighted by molar-refractivity contribution is 5.62. The molecule has 0 spiro atoms. The van der Waals surface area contributed by atoms with E-state index in [1.165, 1.54) is 33.5 Å². The molecule has 1 aliphatic rings. The maximum absolute atomic E-state index is 4.48. The number of hydrogen-bond donors (Lipinski definition) is 0. The van der Waals surface area contributed by atoms with Crippen molar-refractivity contribution in [3.8, 4) is 0 Å². The third-order valence-corrected chi connectivity index (χ3v) is 8.42. The van der Waals surface area contributed by atoms with Crippen molar-refractivity contribution in [2.45, 2.75) is 32.2 Å². The van der Waals surface area contributed by atoms with Crippen LogP contribution in [0.5, 0.6) is 0 Å². The van der Waals surface area contributed by atoms with Crippen LogP contribution in [-0.4, -0.2) is 35.9 Å². The lowest BCUT2D eigenvalue weighted by molar-refractivity contribution is 0.545. The van der Waals surface area contributed by atoms with Crippen LogP contribution in [0.3, 0.4) is 0 Å². The molecule has 1 atom stereocenters. The average molecular weight is 525 g/mol. The van der Waals surface area contributed by atoms with Crippen LogP contribution in [0.4, 0.5) is 11.5 Å². The quantitative estimate of drug-likeness (QED) is 0.220. The summed E-state index contributed by atoms with van der Waals surface area (Å²) in [5.74, 6) is 0.975. The summed E-state index contributed by atoms with van der Waals surface area (Å²) in [5.41, 5.74) is 8.06. The van der Waals surface area contributed by atoms with Crippen LogP contribution >= 0.6 is 0 Å². The molecule has 1 unspecified atom stereocenters. The van der Waals surface area contributed by atoms with Gasteiger partial charge < -0.3 is 9.80 Å². The number of aromatic nitrogens is 2. The summed E-state index contributed by atoms with van der Waals surface area (Å²) >= 11 is 0. The minimum atomic E-state index is -0.422. The largest absolute Gasteiger partial charge is 0.365 e. The van der Waals surface area contributed by atoms with Gasteiger partial charge in [-0.15, -0.1) is 5.10 Å². The van der Waals surface area contributed by atoms with E-state index in [0.717, 1.165) is 31.1 Å². The summed E-state index contributed by atoms with van der Waals surface area (Å²) in [7, 11) is 0. The van der Waals surface area contributed by atoms with E-state index in [-0.39, 0.29) is 0 Å². The van der Waals surface area contributed by atoms with Crippen LogP contribution in [0, 0.1) is 13.8 Å². The van der Waals surface area contributed by atoms with Gasteiger partial charge in [0.1, 0.15) is 0 Å².